The Labute approximate surface area is 197 Å². The predicted octanol–water partition coefficient (Wildman–Crippen LogP) is 4.59. The number of carbonyl (C=O) groups is 1. The van der Waals surface area contributed by atoms with Gasteiger partial charge in [-0.05, 0) is 47.9 Å². The average Bonchev–Trinajstić information content (AvgIpc) is 3.29. The van der Waals surface area contributed by atoms with E-state index in [1.165, 1.54) is 11.8 Å². The summed E-state index contributed by atoms with van der Waals surface area (Å²) in [4.78, 5) is 17.4. The van der Waals surface area contributed by atoms with Gasteiger partial charge in [0.05, 0.1) is 17.5 Å². The Bertz CT molecular complexity index is 1340. The highest BCUT2D eigenvalue weighted by atomic mass is 32.2. The van der Waals surface area contributed by atoms with Crippen molar-refractivity contribution in [3.8, 4) is 11.1 Å². The molecule has 2 aliphatic rings. The second kappa shape index (κ2) is 8.68. The Hall–Kier alpha value is -3.10. The molecule has 0 aromatic heterocycles. The van der Waals surface area contributed by atoms with Crippen molar-refractivity contribution >= 4 is 44.0 Å². The van der Waals surface area contributed by atoms with E-state index in [0.29, 0.717) is 10.7 Å². The van der Waals surface area contributed by atoms with Gasteiger partial charge in [-0.3, -0.25) is 9.79 Å². The largest absolute Gasteiger partial charge is 0.335 e. The molecule has 2 atom stereocenters. The SMILES string of the molecule is Cc1ccc(C(=O)Nc2ccc(-c3ccccc3)cc2)cc1NC1=N[C@H]2CS(=O)(=O)C[C@H]2S1. The number of sulfone groups is 1. The first-order chi connectivity index (χ1) is 15.9. The Morgan fingerprint density at radius 1 is 0.970 bits per heavy atom. The number of nitrogens with zero attached hydrogens (tertiary/aromatic N) is 1. The third-order valence-corrected chi connectivity index (χ3v) is 8.95. The number of benzene rings is 3. The third-order valence-electron chi connectivity index (χ3n) is 5.81. The molecule has 0 bridgehead atoms. The minimum Gasteiger partial charge on any atom is -0.335 e. The molecule has 33 heavy (non-hydrogen) atoms. The van der Waals surface area contributed by atoms with Crippen LogP contribution in [0, 0.1) is 6.92 Å². The van der Waals surface area contributed by atoms with Gasteiger partial charge in [-0.25, -0.2) is 8.42 Å². The number of carbonyl (C=O) groups excluding carboxylic acids is 1. The van der Waals surface area contributed by atoms with Crippen LogP contribution in [0.4, 0.5) is 11.4 Å². The third kappa shape index (κ3) is 4.82. The summed E-state index contributed by atoms with van der Waals surface area (Å²) < 4.78 is 23.6. The van der Waals surface area contributed by atoms with Gasteiger partial charge in [-0.2, -0.15) is 0 Å². The molecular formula is C25H23N3O3S2. The normalized spacial score (nSPS) is 20.7. The fraction of sp³-hybridized carbons (Fsp3) is 0.200. The number of thioether (sulfide) groups is 1. The number of anilines is 2. The zero-order chi connectivity index (χ0) is 23.0. The molecule has 0 aliphatic carbocycles. The molecule has 0 spiro atoms. The van der Waals surface area contributed by atoms with Crippen molar-refractivity contribution in [2.75, 3.05) is 22.1 Å². The molecule has 0 saturated carbocycles. The lowest BCUT2D eigenvalue weighted by molar-refractivity contribution is 0.102. The molecule has 0 radical (unpaired) electrons. The molecule has 5 rings (SSSR count). The van der Waals surface area contributed by atoms with E-state index in [0.717, 1.165) is 28.1 Å². The molecule has 3 aromatic rings. The number of nitrogens with one attached hydrogen (secondary N) is 2. The van der Waals surface area contributed by atoms with E-state index < -0.39 is 9.84 Å². The van der Waals surface area contributed by atoms with Crippen molar-refractivity contribution < 1.29 is 13.2 Å². The quantitative estimate of drug-likeness (QED) is 0.574. The molecule has 168 valence electrons. The lowest BCUT2D eigenvalue weighted by atomic mass is 10.1. The molecule has 1 amide bonds. The Morgan fingerprint density at radius 3 is 2.42 bits per heavy atom. The summed E-state index contributed by atoms with van der Waals surface area (Å²) in [5.41, 5.74) is 5.23. The number of aryl methyl sites for hydroxylation is 1. The number of aliphatic imine (C=N–C) groups is 1. The maximum absolute atomic E-state index is 12.9. The molecule has 1 saturated heterocycles. The standard InChI is InChI=1S/C25H23N3O3S2/c1-16-7-8-19(13-21(16)27-25-28-22-14-33(30,31)15-23(22)32-25)24(29)26-20-11-9-18(10-12-20)17-5-3-2-4-6-17/h2-13,22-23H,14-15H2,1H3,(H,26,29)(H,27,28)/t22-,23+/m0/s1. The van der Waals surface area contributed by atoms with E-state index in [1.54, 1.807) is 12.1 Å². The number of hydrogen-bond donors (Lipinski definition) is 2. The number of amidine groups is 1. The van der Waals surface area contributed by atoms with Gasteiger partial charge in [-0.1, -0.05) is 60.3 Å². The van der Waals surface area contributed by atoms with Gasteiger partial charge in [0.2, 0.25) is 0 Å². The molecular weight excluding hydrogens is 454 g/mol. The molecule has 0 unspecified atom stereocenters. The topological polar surface area (TPSA) is 87.6 Å². The van der Waals surface area contributed by atoms with Crippen LogP contribution in [0.3, 0.4) is 0 Å². The molecule has 1 fully saturated rings. The van der Waals surface area contributed by atoms with Crippen molar-refractivity contribution in [2.45, 2.75) is 18.2 Å². The monoisotopic (exact) mass is 477 g/mol. The zero-order valence-corrected chi connectivity index (χ0v) is 19.6. The van der Waals surface area contributed by atoms with Gasteiger partial charge < -0.3 is 10.6 Å². The first kappa shape index (κ1) is 21.7. The van der Waals surface area contributed by atoms with Crippen LogP contribution in [0.5, 0.6) is 0 Å². The Morgan fingerprint density at radius 2 is 1.70 bits per heavy atom. The fourth-order valence-corrected chi connectivity index (χ4v) is 7.68. The summed E-state index contributed by atoms with van der Waals surface area (Å²) in [7, 11) is -2.98. The minimum absolute atomic E-state index is 0.0249. The van der Waals surface area contributed by atoms with Crippen LogP contribution < -0.4 is 10.6 Å². The van der Waals surface area contributed by atoms with Crippen molar-refractivity contribution in [3.63, 3.8) is 0 Å². The van der Waals surface area contributed by atoms with E-state index >= 15 is 0 Å². The van der Waals surface area contributed by atoms with Crippen LogP contribution in [0.25, 0.3) is 11.1 Å². The highest BCUT2D eigenvalue weighted by Gasteiger charge is 2.42. The summed E-state index contributed by atoms with van der Waals surface area (Å²) in [6.07, 6.45) is 0. The summed E-state index contributed by atoms with van der Waals surface area (Å²) in [6.45, 7) is 1.96. The number of hydrogen-bond acceptors (Lipinski definition) is 6. The van der Waals surface area contributed by atoms with Gasteiger partial charge in [-0.15, -0.1) is 0 Å². The lowest BCUT2D eigenvalue weighted by Gasteiger charge is -2.12. The first-order valence-corrected chi connectivity index (χ1v) is 13.4. The zero-order valence-electron chi connectivity index (χ0n) is 18.0. The van der Waals surface area contributed by atoms with E-state index in [9.17, 15) is 13.2 Å². The Balaban J connectivity index is 1.27. The second-order valence-corrected chi connectivity index (χ2v) is 11.7. The fourth-order valence-electron chi connectivity index (χ4n) is 4.01. The molecule has 3 aromatic carbocycles. The van der Waals surface area contributed by atoms with Gasteiger partial charge in [0, 0.05) is 22.2 Å². The highest BCUT2D eigenvalue weighted by molar-refractivity contribution is 8.15. The number of rotatable bonds is 4. The summed E-state index contributed by atoms with van der Waals surface area (Å²) in [6, 6.07) is 23.1. The summed E-state index contributed by atoms with van der Waals surface area (Å²) in [5.74, 6) is 0.0801. The van der Waals surface area contributed by atoms with Gasteiger partial charge in [0.1, 0.15) is 0 Å². The van der Waals surface area contributed by atoms with Crippen LogP contribution in [0.15, 0.2) is 77.8 Å². The molecule has 2 N–H and O–H groups in total. The van der Waals surface area contributed by atoms with E-state index in [-0.39, 0.29) is 28.7 Å². The van der Waals surface area contributed by atoms with Crippen molar-refractivity contribution in [1.82, 2.24) is 0 Å². The molecule has 6 nitrogen and oxygen atoms in total. The smallest absolute Gasteiger partial charge is 0.255 e. The lowest BCUT2D eigenvalue weighted by Crippen LogP contribution is -2.14. The van der Waals surface area contributed by atoms with Gasteiger partial charge >= 0.3 is 0 Å². The highest BCUT2D eigenvalue weighted by Crippen LogP contribution is 2.35. The Kier molecular flexibility index (Phi) is 5.72. The first-order valence-electron chi connectivity index (χ1n) is 10.7. The van der Waals surface area contributed by atoms with E-state index in [1.807, 2.05) is 67.6 Å². The van der Waals surface area contributed by atoms with Crippen LogP contribution in [0.2, 0.25) is 0 Å². The summed E-state index contributed by atoms with van der Waals surface area (Å²) in [5, 5.41) is 6.92. The maximum atomic E-state index is 12.9. The summed E-state index contributed by atoms with van der Waals surface area (Å²) >= 11 is 1.46. The van der Waals surface area contributed by atoms with Crippen molar-refractivity contribution in [3.05, 3.63) is 83.9 Å². The van der Waals surface area contributed by atoms with Gasteiger partial charge in [0.15, 0.2) is 15.0 Å². The molecule has 8 heteroatoms. The molecule has 2 aliphatic heterocycles. The maximum Gasteiger partial charge on any atom is 0.255 e. The number of amides is 1. The second-order valence-electron chi connectivity index (χ2n) is 8.29. The number of fused-ring (bicyclic) bond motifs is 1. The van der Waals surface area contributed by atoms with Crippen molar-refractivity contribution in [1.29, 1.82) is 0 Å². The van der Waals surface area contributed by atoms with Crippen LogP contribution in [-0.4, -0.2) is 42.3 Å². The molecule has 2 heterocycles. The van der Waals surface area contributed by atoms with Crippen LogP contribution in [0.1, 0.15) is 15.9 Å². The van der Waals surface area contributed by atoms with E-state index in [4.69, 9.17) is 0 Å². The van der Waals surface area contributed by atoms with E-state index in [2.05, 4.69) is 15.6 Å². The van der Waals surface area contributed by atoms with Crippen molar-refractivity contribution in [2.24, 2.45) is 4.99 Å². The van der Waals surface area contributed by atoms with Gasteiger partial charge in [0.25, 0.3) is 5.91 Å². The predicted molar refractivity (Wildman–Crippen MR) is 136 cm³/mol. The average molecular weight is 478 g/mol. The minimum atomic E-state index is -2.98. The van der Waals surface area contributed by atoms with Crippen LogP contribution in [-0.2, 0) is 9.84 Å². The van der Waals surface area contributed by atoms with Crippen LogP contribution >= 0.6 is 11.8 Å².